The van der Waals surface area contributed by atoms with E-state index in [0.29, 0.717) is 11.1 Å². The quantitative estimate of drug-likeness (QED) is 0.863. The van der Waals surface area contributed by atoms with E-state index in [9.17, 15) is 4.79 Å². The fourth-order valence-corrected chi connectivity index (χ4v) is 1.97. The number of methoxy groups -OCH3 is 1. The molecule has 0 aliphatic carbocycles. The number of rotatable bonds is 1. The number of fused-ring (bicyclic) bond motifs is 1. The van der Waals surface area contributed by atoms with Gasteiger partial charge in [0.15, 0.2) is 0 Å². The second kappa shape index (κ2) is 3.70. The maximum absolute atomic E-state index is 11.7. The molecule has 4 heteroatoms. The van der Waals surface area contributed by atoms with E-state index in [0.717, 1.165) is 15.6 Å². The van der Waals surface area contributed by atoms with Gasteiger partial charge in [0.2, 0.25) is 0 Å². The number of hydrogen-bond donors (Lipinski definition) is 1. The zero-order valence-corrected chi connectivity index (χ0v) is 10.0. The van der Waals surface area contributed by atoms with Crippen molar-refractivity contribution in [3.8, 4) is 5.75 Å². The fraction of sp³-hybridized carbons (Fsp3) is 0.182. The molecule has 0 aliphatic rings. The van der Waals surface area contributed by atoms with Gasteiger partial charge in [0.05, 0.1) is 12.5 Å². The number of H-pyrrole nitrogens is 1. The van der Waals surface area contributed by atoms with Crippen LogP contribution in [-0.2, 0) is 0 Å². The highest BCUT2D eigenvalue weighted by atomic mass is 79.9. The molecule has 2 aromatic rings. The van der Waals surface area contributed by atoms with E-state index < -0.39 is 0 Å². The highest BCUT2D eigenvalue weighted by Gasteiger charge is 2.06. The molecule has 0 amide bonds. The van der Waals surface area contributed by atoms with E-state index in [1.807, 2.05) is 19.1 Å². The minimum Gasteiger partial charge on any atom is -0.497 e. The maximum atomic E-state index is 11.7. The van der Waals surface area contributed by atoms with Crippen molar-refractivity contribution in [2.75, 3.05) is 7.11 Å². The average molecular weight is 268 g/mol. The number of hydrogen-bond acceptors (Lipinski definition) is 2. The summed E-state index contributed by atoms with van der Waals surface area (Å²) in [5, 5.41) is 1.53. The third-order valence-electron chi connectivity index (χ3n) is 2.34. The van der Waals surface area contributed by atoms with Gasteiger partial charge < -0.3 is 9.72 Å². The first-order valence-corrected chi connectivity index (χ1v) is 5.29. The van der Waals surface area contributed by atoms with E-state index in [1.165, 1.54) is 0 Å². The van der Waals surface area contributed by atoms with Crippen molar-refractivity contribution in [3.05, 3.63) is 38.7 Å². The van der Waals surface area contributed by atoms with E-state index in [1.54, 1.807) is 13.2 Å². The molecule has 0 saturated heterocycles. The minimum absolute atomic E-state index is 0.0930. The molecule has 1 heterocycles. The Balaban J connectivity index is 2.90. The number of benzene rings is 1. The van der Waals surface area contributed by atoms with Gasteiger partial charge in [-0.25, -0.2) is 0 Å². The molecule has 0 atom stereocenters. The van der Waals surface area contributed by atoms with Crippen LogP contribution in [0, 0.1) is 6.92 Å². The summed E-state index contributed by atoms with van der Waals surface area (Å²) in [6.07, 6.45) is 0. The highest BCUT2D eigenvalue weighted by Crippen LogP contribution is 2.26. The van der Waals surface area contributed by atoms with E-state index in [2.05, 4.69) is 20.9 Å². The number of ether oxygens (including phenoxy) is 1. The molecule has 78 valence electrons. The van der Waals surface area contributed by atoms with E-state index in [-0.39, 0.29) is 5.56 Å². The van der Waals surface area contributed by atoms with Crippen molar-refractivity contribution in [2.45, 2.75) is 6.92 Å². The summed E-state index contributed by atoms with van der Waals surface area (Å²) >= 11 is 3.45. The van der Waals surface area contributed by atoms with Crippen LogP contribution >= 0.6 is 15.9 Å². The Kier molecular flexibility index (Phi) is 2.52. The van der Waals surface area contributed by atoms with Gasteiger partial charge >= 0.3 is 0 Å². The molecule has 1 aromatic heterocycles. The summed E-state index contributed by atoms with van der Waals surface area (Å²) < 4.78 is 6.00. The van der Waals surface area contributed by atoms with E-state index in [4.69, 9.17) is 4.74 Å². The Morgan fingerprint density at radius 1 is 1.33 bits per heavy atom. The third kappa shape index (κ3) is 1.65. The van der Waals surface area contributed by atoms with Gasteiger partial charge in [-0.2, -0.15) is 0 Å². The first kappa shape index (κ1) is 10.2. The minimum atomic E-state index is -0.0930. The first-order valence-electron chi connectivity index (χ1n) is 4.49. The predicted molar refractivity (Wildman–Crippen MR) is 63.6 cm³/mol. The van der Waals surface area contributed by atoms with Gasteiger partial charge in [0, 0.05) is 15.6 Å². The lowest BCUT2D eigenvalue weighted by Crippen LogP contribution is -2.08. The molecule has 1 aromatic carbocycles. The predicted octanol–water partition coefficient (Wildman–Crippen LogP) is 2.61. The number of nitrogens with one attached hydrogen (secondary N) is 1. The van der Waals surface area contributed by atoms with Gasteiger partial charge in [-0.05, 0) is 41.1 Å². The van der Waals surface area contributed by atoms with Crippen molar-refractivity contribution in [1.29, 1.82) is 0 Å². The monoisotopic (exact) mass is 267 g/mol. The molecule has 0 fully saturated rings. The van der Waals surface area contributed by atoms with Crippen LogP contribution in [0.4, 0.5) is 0 Å². The zero-order valence-electron chi connectivity index (χ0n) is 8.43. The number of aromatic nitrogens is 1. The summed E-state index contributed by atoms with van der Waals surface area (Å²) in [6, 6.07) is 5.45. The second-order valence-electron chi connectivity index (χ2n) is 3.30. The topological polar surface area (TPSA) is 42.1 Å². The molecule has 2 rings (SSSR count). The molecule has 0 spiro atoms. The molecular formula is C11H10BrNO2. The second-order valence-corrected chi connectivity index (χ2v) is 4.10. The van der Waals surface area contributed by atoms with Gasteiger partial charge in [0.25, 0.3) is 5.56 Å². The smallest absolute Gasteiger partial charge is 0.256 e. The van der Waals surface area contributed by atoms with Gasteiger partial charge in [-0.1, -0.05) is 0 Å². The largest absolute Gasteiger partial charge is 0.497 e. The van der Waals surface area contributed by atoms with Crippen LogP contribution in [0.15, 0.2) is 27.5 Å². The number of aryl methyl sites for hydroxylation is 1. The summed E-state index contributed by atoms with van der Waals surface area (Å²) in [7, 11) is 1.58. The Bertz CT molecular complexity index is 575. The van der Waals surface area contributed by atoms with Gasteiger partial charge in [0.1, 0.15) is 5.75 Å². The van der Waals surface area contributed by atoms with Gasteiger partial charge in [-0.3, -0.25) is 4.79 Å². The Labute approximate surface area is 95.2 Å². The standard InChI is InChI=1S/C11H10BrNO2/c1-6-10(12)8-4-3-7(15-2)5-9(8)11(14)13-6/h3-5H,1-2H3,(H,13,14). The molecule has 1 N–H and O–H groups in total. The lowest BCUT2D eigenvalue weighted by atomic mass is 10.1. The molecule has 0 saturated carbocycles. The van der Waals surface area contributed by atoms with Crippen molar-refractivity contribution < 1.29 is 4.74 Å². The van der Waals surface area contributed by atoms with E-state index >= 15 is 0 Å². The summed E-state index contributed by atoms with van der Waals surface area (Å²) in [4.78, 5) is 14.5. The normalized spacial score (nSPS) is 10.6. The molecular weight excluding hydrogens is 258 g/mol. The maximum Gasteiger partial charge on any atom is 0.256 e. The molecule has 3 nitrogen and oxygen atoms in total. The Hall–Kier alpha value is -1.29. The zero-order chi connectivity index (χ0) is 11.0. The Morgan fingerprint density at radius 3 is 2.73 bits per heavy atom. The third-order valence-corrected chi connectivity index (χ3v) is 3.36. The number of aromatic amines is 1. The van der Waals surface area contributed by atoms with Crippen LogP contribution < -0.4 is 10.3 Å². The lowest BCUT2D eigenvalue weighted by molar-refractivity contribution is 0.415. The SMILES string of the molecule is COc1ccc2c(Br)c(C)[nH]c(=O)c2c1. The van der Waals surface area contributed by atoms with Crippen LogP contribution in [0.5, 0.6) is 5.75 Å². The van der Waals surface area contributed by atoms with Crippen molar-refractivity contribution >= 4 is 26.7 Å². The van der Waals surface area contributed by atoms with Crippen LogP contribution in [0.3, 0.4) is 0 Å². The fourth-order valence-electron chi connectivity index (χ4n) is 1.52. The van der Waals surface area contributed by atoms with Gasteiger partial charge in [-0.15, -0.1) is 0 Å². The lowest BCUT2D eigenvalue weighted by Gasteiger charge is -2.05. The molecule has 15 heavy (non-hydrogen) atoms. The average Bonchev–Trinajstić information content (AvgIpc) is 2.25. The molecule has 0 aliphatic heterocycles. The van der Waals surface area contributed by atoms with Crippen molar-refractivity contribution in [2.24, 2.45) is 0 Å². The summed E-state index contributed by atoms with van der Waals surface area (Å²) in [6.45, 7) is 1.86. The van der Waals surface area contributed by atoms with Crippen LogP contribution in [0.25, 0.3) is 10.8 Å². The van der Waals surface area contributed by atoms with Crippen LogP contribution in [-0.4, -0.2) is 12.1 Å². The van der Waals surface area contributed by atoms with Crippen molar-refractivity contribution in [1.82, 2.24) is 4.98 Å². The number of pyridine rings is 1. The highest BCUT2D eigenvalue weighted by molar-refractivity contribution is 9.10. The molecule has 0 unspecified atom stereocenters. The van der Waals surface area contributed by atoms with Crippen LogP contribution in [0.1, 0.15) is 5.69 Å². The first-order chi connectivity index (χ1) is 7.13. The van der Waals surface area contributed by atoms with Crippen LogP contribution in [0.2, 0.25) is 0 Å². The molecule has 0 radical (unpaired) electrons. The Morgan fingerprint density at radius 2 is 2.07 bits per heavy atom. The summed E-state index contributed by atoms with van der Waals surface area (Å²) in [5.74, 6) is 0.684. The summed E-state index contributed by atoms with van der Waals surface area (Å²) in [5.41, 5.74) is 0.738. The number of halogens is 1. The molecule has 0 bridgehead atoms. The van der Waals surface area contributed by atoms with Crippen molar-refractivity contribution in [3.63, 3.8) is 0 Å².